The summed E-state index contributed by atoms with van der Waals surface area (Å²) in [4.78, 5) is 44.1. The van der Waals surface area contributed by atoms with Crippen molar-refractivity contribution in [3.05, 3.63) is 52.7 Å². The summed E-state index contributed by atoms with van der Waals surface area (Å²) in [5, 5.41) is 16.5. The van der Waals surface area contributed by atoms with E-state index in [1.165, 1.54) is 6.92 Å². The summed E-state index contributed by atoms with van der Waals surface area (Å²) in [6.45, 7) is 3.36. The zero-order chi connectivity index (χ0) is 27.0. The maximum Gasteiger partial charge on any atom is 0.251 e. The molecule has 3 aliphatic rings. The fourth-order valence-corrected chi connectivity index (χ4v) is 6.40. The van der Waals surface area contributed by atoms with Gasteiger partial charge in [-0.1, -0.05) is 0 Å². The van der Waals surface area contributed by atoms with E-state index in [2.05, 4.69) is 20.5 Å². The number of nitrogens with one attached hydrogen (secondary N) is 2. The van der Waals surface area contributed by atoms with Crippen LogP contribution in [0.4, 0.5) is 11.5 Å². The van der Waals surface area contributed by atoms with E-state index in [0.717, 1.165) is 44.3 Å². The second-order valence-corrected chi connectivity index (χ2v) is 11.1. The van der Waals surface area contributed by atoms with Gasteiger partial charge in [-0.3, -0.25) is 14.4 Å². The quantitative estimate of drug-likeness (QED) is 0.412. The van der Waals surface area contributed by atoms with Crippen molar-refractivity contribution in [2.45, 2.75) is 95.5 Å². The predicted molar refractivity (Wildman–Crippen MR) is 146 cm³/mol. The molecular weight excluding hydrogens is 482 g/mol. The third-order valence-electron chi connectivity index (χ3n) is 8.42. The SMILES string of the molecule is CC(=O)c1ccc(N2[C@@H]3CC[C@H]2C[C@@H](NC(=O)c2cc(N[C@H]4CC[C@H](O)CC4)c(C(N)=O)cc2C)C3)nc1. The molecule has 1 aliphatic carbocycles. The molecule has 1 aromatic carbocycles. The van der Waals surface area contributed by atoms with Crippen LogP contribution in [-0.2, 0) is 0 Å². The Morgan fingerprint density at radius 1 is 0.974 bits per heavy atom. The Hall–Kier alpha value is -3.46. The first-order chi connectivity index (χ1) is 18.2. The van der Waals surface area contributed by atoms with Crippen LogP contribution in [0.25, 0.3) is 0 Å². The number of fused-ring (bicyclic) bond motifs is 2. The molecule has 2 bridgehead atoms. The number of aliphatic hydroxyl groups excluding tert-OH is 1. The maximum absolute atomic E-state index is 13.4. The van der Waals surface area contributed by atoms with Crippen LogP contribution in [0.15, 0.2) is 30.5 Å². The molecule has 3 heterocycles. The molecule has 0 radical (unpaired) electrons. The lowest BCUT2D eigenvalue weighted by Crippen LogP contribution is -2.50. The van der Waals surface area contributed by atoms with Crippen molar-refractivity contribution >= 4 is 29.1 Å². The lowest BCUT2D eigenvalue weighted by Gasteiger charge is -2.40. The van der Waals surface area contributed by atoms with Gasteiger partial charge in [-0.25, -0.2) is 4.98 Å². The number of hydrogen-bond donors (Lipinski definition) is 4. The van der Waals surface area contributed by atoms with E-state index in [-0.39, 0.29) is 42.0 Å². The fraction of sp³-hybridized carbons (Fsp3) is 0.517. The molecule has 5 rings (SSSR count). The molecule has 1 saturated carbocycles. The predicted octanol–water partition coefficient (Wildman–Crippen LogP) is 3.34. The number of anilines is 2. The summed E-state index contributed by atoms with van der Waals surface area (Å²) in [5.74, 6) is 0.203. The van der Waals surface area contributed by atoms with Gasteiger partial charge in [0, 0.05) is 47.2 Å². The van der Waals surface area contributed by atoms with Crippen LogP contribution in [0.3, 0.4) is 0 Å². The molecule has 3 fully saturated rings. The number of amides is 2. The van der Waals surface area contributed by atoms with Gasteiger partial charge in [-0.2, -0.15) is 0 Å². The number of ketones is 1. The highest BCUT2D eigenvalue weighted by molar-refractivity contribution is 6.03. The van der Waals surface area contributed by atoms with Crippen LogP contribution in [0.1, 0.15) is 94.9 Å². The summed E-state index contributed by atoms with van der Waals surface area (Å²) >= 11 is 0. The van der Waals surface area contributed by atoms with Crippen LogP contribution < -0.4 is 21.3 Å². The maximum atomic E-state index is 13.4. The van der Waals surface area contributed by atoms with Gasteiger partial charge in [0.15, 0.2) is 5.78 Å². The van der Waals surface area contributed by atoms with E-state index in [1.807, 2.05) is 19.1 Å². The van der Waals surface area contributed by atoms with Crippen LogP contribution in [0.2, 0.25) is 0 Å². The van der Waals surface area contributed by atoms with Crippen LogP contribution in [-0.4, -0.2) is 58.0 Å². The Morgan fingerprint density at radius 3 is 2.24 bits per heavy atom. The number of primary amides is 1. The number of hydrogen-bond acceptors (Lipinski definition) is 7. The van der Waals surface area contributed by atoms with Crippen molar-refractivity contribution in [1.29, 1.82) is 0 Å². The standard InChI is InChI=1S/C29H37N5O4/c1-16-11-25(28(30)37)26(32-19-4-8-23(36)9-5-19)14-24(16)29(38)33-20-12-21-6-7-22(13-20)34(21)27-10-3-18(15-31-27)17(2)35/h3,10-11,14-15,19-23,32,36H,4-9,12-13H2,1-2H3,(H2,30,37)(H,33,38)/t19-,20-,21+,22-,23-. The van der Waals surface area contributed by atoms with Crippen molar-refractivity contribution in [2.75, 3.05) is 10.2 Å². The van der Waals surface area contributed by atoms with Crippen LogP contribution in [0.5, 0.6) is 0 Å². The first-order valence-electron chi connectivity index (χ1n) is 13.6. The van der Waals surface area contributed by atoms with Gasteiger partial charge >= 0.3 is 0 Å². The number of carbonyl (C=O) groups excluding carboxylic acids is 3. The first-order valence-corrected chi connectivity index (χ1v) is 13.6. The molecule has 3 atom stereocenters. The van der Waals surface area contributed by atoms with Gasteiger partial charge < -0.3 is 26.4 Å². The van der Waals surface area contributed by atoms with Crippen molar-refractivity contribution in [1.82, 2.24) is 10.3 Å². The van der Waals surface area contributed by atoms with Gasteiger partial charge in [0.05, 0.1) is 11.7 Å². The van der Waals surface area contributed by atoms with Gasteiger partial charge in [0.25, 0.3) is 11.8 Å². The number of rotatable bonds is 7. The summed E-state index contributed by atoms with van der Waals surface area (Å²) in [6, 6.07) is 7.93. The smallest absolute Gasteiger partial charge is 0.251 e. The zero-order valence-electron chi connectivity index (χ0n) is 22.1. The third kappa shape index (κ3) is 5.38. The van der Waals surface area contributed by atoms with Gasteiger partial charge in [0.2, 0.25) is 0 Å². The Kier molecular flexibility index (Phi) is 7.38. The number of aromatic nitrogens is 1. The largest absolute Gasteiger partial charge is 0.393 e. The molecule has 0 unspecified atom stereocenters. The Labute approximate surface area is 223 Å². The van der Waals surface area contributed by atoms with Crippen molar-refractivity contribution in [3.8, 4) is 0 Å². The number of Topliss-reactive ketones (excluding diaryl/α,β-unsaturated/α-hetero) is 1. The number of nitrogens with two attached hydrogens (primary N) is 1. The number of benzene rings is 1. The van der Waals surface area contributed by atoms with E-state index in [9.17, 15) is 19.5 Å². The Balaban J connectivity index is 1.28. The monoisotopic (exact) mass is 519 g/mol. The molecule has 202 valence electrons. The lowest BCUT2D eigenvalue weighted by molar-refractivity contribution is 0.0924. The average Bonchev–Trinajstić information content (AvgIpc) is 3.16. The molecule has 2 amide bonds. The number of aryl methyl sites for hydroxylation is 1. The van der Waals surface area contributed by atoms with Crippen LogP contribution in [0, 0.1) is 6.92 Å². The molecule has 2 aliphatic heterocycles. The third-order valence-corrected chi connectivity index (χ3v) is 8.42. The summed E-state index contributed by atoms with van der Waals surface area (Å²) < 4.78 is 0. The summed E-state index contributed by atoms with van der Waals surface area (Å²) in [7, 11) is 0. The average molecular weight is 520 g/mol. The van der Waals surface area contributed by atoms with Gasteiger partial charge in [-0.05, 0) is 95.0 Å². The normalized spacial score (nSPS) is 26.6. The molecule has 9 heteroatoms. The van der Waals surface area contributed by atoms with Crippen molar-refractivity contribution in [3.63, 3.8) is 0 Å². The van der Waals surface area contributed by atoms with Gasteiger partial charge in [-0.15, -0.1) is 0 Å². The topological polar surface area (TPSA) is 138 Å². The summed E-state index contributed by atoms with van der Waals surface area (Å²) in [5.41, 5.74) is 8.45. The fourth-order valence-electron chi connectivity index (χ4n) is 6.40. The number of nitrogens with zero attached hydrogens (tertiary/aromatic N) is 2. The summed E-state index contributed by atoms with van der Waals surface area (Å²) in [6.07, 6.45) is 8.11. The highest BCUT2D eigenvalue weighted by Gasteiger charge is 2.42. The Morgan fingerprint density at radius 2 is 1.66 bits per heavy atom. The van der Waals surface area contributed by atoms with Crippen molar-refractivity contribution < 1.29 is 19.5 Å². The molecule has 2 saturated heterocycles. The number of piperidine rings is 1. The molecule has 0 spiro atoms. The van der Waals surface area contributed by atoms with Crippen LogP contribution >= 0.6 is 0 Å². The molecule has 9 nitrogen and oxygen atoms in total. The zero-order valence-corrected chi connectivity index (χ0v) is 22.1. The lowest BCUT2D eigenvalue weighted by atomic mass is 9.92. The Bertz CT molecular complexity index is 1210. The highest BCUT2D eigenvalue weighted by Crippen LogP contribution is 2.39. The molecular formula is C29H37N5O4. The van der Waals surface area contributed by atoms with Gasteiger partial charge in [0.1, 0.15) is 5.82 Å². The van der Waals surface area contributed by atoms with E-state index in [0.29, 0.717) is 40.8 Å². The van der Waals surface area contributed by atoms with Crippen molar-refractivity contribution in [2.24, 2.45) is 5.73 Å². The number of carbonyl (C=O) groups is 3. The number of pyridine rings is 1. The molecule has 38 heavy (non-hydrogen) atoms. The van der Waals surface area contributed by atoms with E-state index in [1.54, 1.807) is 18.3 Å². The second kappa shape index (κ2) is 10.7. The number of aliphatic hydroxyl groups is 1. The molecule has 1 aromatic heterocycles. The highest BCUT2D eigenvalue weighted by atomic mass is 16.3. The molecule has 5 N–H and O–H groups in total. The molecule has 2 aromatic rings. The minimum absolute atomic E-state index is 0.00324. The second-order valence-electron chi connectivity index (χ2n) is 11.1. The minimum atomic E-state index is -0.535. The minimum Gasteiger partial charge on any atom is -0.393 e. The first kappa shape index (κ1) is 26.2. The van der Waals surface area contributed by atoms with E-state index in [4.69, 9.17) is 5.73 Å². The van der Waals surface area contributed by atoms with E-state index >= 15 is 0 Å². The van der Waals surface area contributed by atoms with E-state index < -0.39 is 5.91 Å².